The second-order valence-electron chi connectivity index (χ2n) is 7.14. The number of hydrogen-bond acceptors (Lipinski definition) is 5. The fourth-order valence-corrected chi connectivity index (χ4v) is 3.43. The van der Waals surface area contributed by atoms with Crippen LogP contribution in [0.15, 0.2) is 18.2 Å². The lowest BCUT2D eigenvalue weighted by Gasteiger charge is -2.34. The van der Waals surface area contributed by atoms with Gasteiger partial charge in [0.15, 0.2) is 11.6 Å². The average molecular weight is 424 g/mol. The number of amides is 5. The molecule has 2 heterocycles. The van der Waals surface area contributed by atoms with Gasteiger partial charge in [0.1, 0.15) is 12.1 Å². The van der Waals surface area contributed by atoms with E-state index < -0.39 is 47.7 Å². The van der Waals surface area contributed by atoms with Gasteiger partial charge in [-0.1, -0.05) is 6.07 Å². The van der Waals surface area contributed by atoms with E-state index in [0.717, 1.165) is 17.0 Å². The van der Waals surface area contributed by atoms with E-state index in [0.29, 0.717) is 0 Å². The van der Waals surface area contributed by atoms with Crippen LogP contribution in [-0.2, 0) is 19.9 Å². The van der Waals surface area contributed by atoms with E-state index in [2.05, 4.69) is 5.32 Å². The Kier molecular flexibility index (Phi) is 5.90. The smallest absolute Gasteiger partial charge is 0.409 e. The normalized spacial score (nSPS) is 21.7. The van der Waals surface area contributed by atoms with Crippen molar-refractivity contribution in [2.75, 3.05) is 39.3 Å². The quantitative estimate of drug-likeness (QED) is 0.728. The molecule has 0 spiro atoms. The van der Waals surface area contributed by atoms with Gasteiger partial charge in [0.05, 0.1) is 6.61 Å². The third-order valence-corrected chi connectivity index (χ3v) is 5.22. The summed E-state index contributed by atoms with van der Waals surface area (Å²) < 4.78 is 31.7. The number of rotatable bonds is 4. The molecule has 2 aliphatic heterocycles. The highest BCUT2D eigenvalue weighted by Gasteiger charge is 2.50. The standard InChI is InChI=1S/C19H22F2N4O5/c1-3-30-18(29)24-8-6-23(7-9-24)15(26)11-25-16(27)19(2,22-17(25)28)12-4-5-13(20)14(21)10-12/h4-5,10H,3,6-9,11H2,1-2H3,(H,22,28). The summed E-state index contributed by atoms with van der Waals surface area (Å²) >= 11 is 0. The monoisotopic (exact) mass is 424 g/mol. The van der Waals surface area contributed by atoms with Gasteiger partial charge < -0.3 is 19.9 Å². The number of carbonyl (C=O) groups excluding carboxylic acids is 4. The van der Waals surface area contributed by atoms with Crippen LogP contribution in [0.3, 0.4) is 0 Å². The zero-order valence-corrected chi connectivity index (χ0v) is 16.6. The Morgan fingerprint density at radius 2 is 1.73 bits per heavy atom. The first kappa shape index (κ1) is 21.5. The molecule has 3 rings (SSSR count). The molecule has 30 heavy (non-hydrogen) atoms. The van der Waals surface area contributed by atoms with Crippen LogP contribution in [0.1, 0.15) is 19.4 Å². The fraction of sp³-hybridized carbons (Fsp3) is 0.474. The molecule has 0 bridgehead atoms. The topological polar surface area (TPSA) is 99.3 Å². The van der Waals surface area contributed by atoms with Crippen molar-refractivity contribution < 1.29 is 32.7 Å². The van der Waals surface area contributed by atoms with E-state index in [9.17, 15) is 28.0 Å². The minimum Gasteiger partial charge on any atom is -0.450 e. The zero-order chi connectivity index (χ0) is 22.1. The molecule has 162 valence electrons. The van der Waals surface area contributed by atoms with E-state index in [4.69, 9.17) is 4.74 Å². The van der Waals surface area contributed by atoms with Gasteiger partial charge in [0.25, 0.3) is 5.91 Å². The van der Waals surface area contributed by atoms with Crippen LogP contribution in [0.4, 0.5) is 18.4 Å². The van der Waals surface area contributed by atoms with Gasteiger partial charge in [0, 0.05) is 26.2 Å². The number of halogens is 2. The summed E-state index contributed by atoms with van der Waals surface area (Å²) in [6, 6.07) is 2.11. The lowest BCUT2D eigenvalue weighted by atomic mass is 9.92. The van der Waals surface area contributed by atoms with Crippen molar-refractivity contribution in [3.63, 3.8) is 0 Å². The summed E-state index contributed by atoms with van der Waals surface area (Å²) in [4.78, 5) is 53.2. The average Bonchev–Trinajstić information content (AvgIpc) is 2.94. The number of ether oxygens (including phenoxy) is 1. The third kappa shape index (κ3) is 3.91. The van der Waals surface area contributed by atoms with Gasteiger partial charge in [-0.05, 0) is 31.5 Å². The number of imide groups is 1. The first-order valence-corrected chi connectivity index (χ1v) is 9.46. The van der Waals surface area contributed by atoms with E-state index in [-0.39, 0.29) is 38.3 Å². The van der Waals surface area contributed by atoms with Gasteiger partial charge in [-0.2, -0.15) is 0 Å². The molecule has 1 aromatic carbocycles. The van der Waals surface area contributed by atoms with Crippen molar-refractivity contribution in [1.82, 2.24) is 20.0 Å². The first-order chi connectivity index (χ1) is 14.2. The highest BCUT2D eigenvalue weighted by atomic mass is 19.2. The molecule has 0 aromatic heterocycles. The molecular weight excluding hydrogens is 402 g/mol. The first-order valence-electron chi connectivity index (χ1n) is 9.46. The van der Waals surface area contributed by atoms with Gasteiger partial charge in [0.2, 0.25) is 5.91 Å². The molecule has 1 unspecified atom stereocenters. The number of urea groups is 1. The third-order valence-electron chi connectivity index (χ3n) is 5.22. The molecule has 2 fully saturated rings. The Hall–Kier alpha value is -3.24. The predicted octanol–water partition coefficient (Wildman–Crippen LogP) is 1.03. The van der Waals surface area contributed by atoms with Gasteiger partial charge in [-0.25, -0.2) is 18.4 Å². The molecular formula is C19H22F2N4O5. The van der Waals surface area contributed by atoms with Crippen LogP contribution < -0.4 is 5.32 Å². The Morgan fingerprint density at radius 3 is 2.33 bits per heavy atom. The highest BCUT2D eigenvalue weighted by molar-refractivity contribution is 6.09. The van der Waals surface area contributed by atoms with Crippen molar-refractivity contribution in [3.05, 3.63) is 35.4 Å². The van der Waals surface area contributed by atoms with Gasteiger partial charge in [-0.3, -0.25) is 14.5 Å². The summed E-state index contributed by atoms with van der Waals surface area (Å²) in [5, 5.41) is 2.45. The lowest BCUT2D eigenvalue weighted by Crippen LogP contribution is -2.53. The number of nitrogens with one attached hydrogen (secondary N) is 1. The minimum atomic E-state index is -1.62. The molecule has 2 aliphatic rings. The van der Waals surface area contributed by atoms with E-state index in [1.165, 1.54) is 22.8 Å². The largest absolute Gasteiger partial charge is 0.450 e. The maximum Gasteiger partial charge on any atom is 0.409 e. The van der Waals surface area contributed by atoms with Crippen molar-refractivity contribution in [2.24, 2.45) is 0 Å². The van der Waals surface area contributed by atoms with Crippen molar-refractivity contribution in [2.45, 2.75) is 19.4 Å². The maximum atomic E-state index is 13.6. The van der Waals surface area contributed by atoms with Gasteiger partial charge in [-0.15, -0.1) is 0 Å². The molecule has 0 radical (unpaired) electrons. The molecule has 11 heteroatoms. The van der Waals surface area contributed by atoms with Crippen LogP contribution in [0, 0.1) is 11.6 Å². The molecule has 2 saturated heterocycles. The molecule has 9 nitrogen and oxygen atoms in total. The number of carbonyl (C=O) groups is 4. The fourth-order valence-electron chi connectivity index (χ4n) is 3.43. The summed E-state index contributed by atoms with van der Waals surface area (Å²) in [6.45, 7) is 3.84. The molecule has 0 aliphatic carbocycles. The summed E-state index contributed by atoms with van der Waals surface area (Å²) in [5.41, 5.74) is -1.55. The van der Waals surface area contributed by atoms with Crippen molar-refractivity contribution in [3.8, 4) is 0 Å². The molecule has 1 aromatic rings. The zero-order valence-electron chi connectivity index (χ0n) is 16.6. The van der Waals surface area contributed by atoms with Crippen molar-refractivity contribution >= 4 is 23.9 Å². The number of nitrogens with zero attached hydrogens (tertiary/aromatic N) is 3. The second-order valence-corrected chi connectivity index (χ2v) is 7.14. The SMILES string of the molecule is CCOC(=O)N1CCN(C(=O)CN2C(=O)NC(C)(c3ccc(F)c(F)c3)C2=O)CC1. The van der Waals surface area contributed by atoms with Crippen LogP contribution in [0.2, 0.25) is 0 Å². The highest BCUT2D eigenvalue weighted by Crippen LogP contribution is 2.29. The second kappa shape index (κ2) is 8.25. The number of hydrogen-bond donors (Lipinski definition) is 1. The lowest BCUT2D eigenvalue weighted by molar-refractivity contribution is -0.139. The van der Waals surface area contributed by atoms with Crippen LogP contribution in [0.25, 0.3) is 0 Å². The van der Waals surface area contributed by atoms with E-state index >= 15 is 0 Å². The van der Waals surface area contributed by atoms with Crippen molar-refractivity contribution in [1.29, 1.82) is 0 Å². The maximum absolute atomic E-state index is 13.6. The summed E-state index contributed by atoms with van der Waals surface area (Å²) in [6.07, 6.45) is -0.457. The molecule has 1 atom stereocenters. The Labute approximate surface area is 171 Å². The predicted molar refractivity (Wildman–Crippen MR) is 99.1 cm³/mol. The Bertz CT molecular complexity index is 888. The Balaban J connectivity index is 1.65. The van der Waals surface area contributed by atoms with Crippen LogP contribution in [-0.4, -0.2) is 78.0 Å². The van der Waals surface area contributed by atoms with Gasteiger partial charge >= 0.3 is 12.1 Å². The van der Waals surface area contributed by atoms with E-state index in [1.54, 1.807) is 6.92 Å². The van der Waals surface area contributed by atoms with E-state index in [1.807, 2.05) is 0 Å². The van der Waals surface area contributed by atoms with Crippen LogP contribution >= 0.6 is 0 Å². The number of benzene rings is 1. The molecule has 5 amide bonds. The molecule has 1 N–H and O–H groups in total. The summed E-state index contributed by atoms with van der Waals surface area (Å²) in [7, 11) is 0. The summed E-state index contributed by atoms with van der Waals surface area (Å²) in [5.74, 6) is -3.42. The molecule has 0 saturated carbocycles. The van der Waals surface area contributed by atoms with Crippen LogP contribution in [0.5, 0.6) is 0 Å². The number of piperazine rings is 1. The minimum absolute atomic E-state index is 0.0674. The Morgan fingerprint density at radius 1 is 1.10 bits per heavy atom.